The molecular formula is C32H33N3O3. The summed E-state index contributed by atoms with van der Waals surface area (Å²) in [6.07, 6.45) is 6.63. The molecule has 2 aromatic carbocycles. The highest BCUT2D eigenvalue weighted by atomic mass is 16.3. The fourth-order valence-corrected chi connectivity index (χ4v) is 5.24. The standard InChI is InChI=1S/C32H33N3O3/c1-24(25-9-4-2-5-10-25)19-30(36)34-17-14-32(38,15-18-34)23-35-22-29(27-13-8-16-33-21-27)28(20-31(35)37)26-11-6-3-7-12-26/h2-13,16,20-22,24,38H,14-15,17-19,23H2,1H3. The first-order chi connectivity index (χ1) is 18.4. The Bertz CT molecular complexity index is 1430. The predicted octanol–water partition coefficient (Wildman–Crippen LogP) is 5.12. The van der Waals surface area contributed by atoms with Crippen molar-refractivity contribution < 1.29 is 9.90 Å². The third-order valence-electron chi connectivity index (χ3n) is 7.54. The molecule has 38 heavy (non-hydrogen) atoms. The summed E-state index contributed by atoms with van der Waals surface area (Å²) in [5.41, 5.74) is 3.49. The molecule has 0 saturated carbocycles. The van der Waals surface area contributed by atoms with Crippen LogP contribution in [0, 0.1) is 0 Å². The molecule has 1 N–H and O–H groups in total. The Morgan fingerprint density at radius 2 is 1.61 bits per heavy atom. The second-order valence-electron chi connectivity index (χ2n) is 10.3. The molecule has 1 fully saturated rings. The average Bonchev–Trinajstić information content (AvgIpc) is 2.95. The van der Waals surface area contributed by atoms with Gasteiger partial charge in [0.25, 0.3) is 5.56 Å². The minimum atomic E-state index is -1.06. The summed E-state index contributed by atoms with van der Waals surface area (Å²) in [5.74, 6) is 0.240. The van der Waals surface area contributed by atoms with E-state index in [0.29, 0.717) is 32.4 Å². The maximum atomic E-state index is 13.2. The average molecular weight is 508 g/mol. The molecule has 5 rings (SSSR count). The summed E-state index contributed by atoms with van der Waals surface area (Å²) in [6.45, 7) is 3.20. The molecule has 1 unspecified atom stereocenters. The monoisotopic (exact) mass is 507 g/mol. The zero-order valence-corrected chi connectivity index (χ0v) is 21.7. The van der Waals surface area contributed by atoms with Crippen molar-refractivity contribution in [3.05, 3.63) is 113 Å². The van der Waals surface area contributed by atoms with Gasteiger partial charge >= 0.3 is 0 Å². The van der Waals surface area contributed by atoms with E-state index in [-0.39, 0.29) is 23.9 Å². The molecule has 6 heteroatoms. The van der Waals surface area contributed by atoms with Crippen LogP contribution in [-0.4, -0.2) is 44.2 Å². The lowest BCUT2D eigenvalue weighted by molar-refractivity contribution is -0.136. The van der Waals surface area contributed by atoms with Gasteiger partial charge in [-0.25, -0.2) is 0 Å². The Morgan fingerprint density at radius 3 is 2.26 bits per heavy atom. The molecule has 1 saturated heterocycles. The first kappa shape index (κ1) is 25.6. The van der Waals surface area contributed by atoms with E-state index in [9.17, 15) is 14.7 Å². The number of amides is 1. The lowest BCUT2D eigenvalue weighted by atomic mass is 9.90. The van der Waals surface area contributed by atoms with Crippen molar-refractivity contribution in [2.45, 2.75) is 44.2 Å². The molecule has 1 atom stereocenters. The van der Waals surface area contributed by atoms with Gasteiger partial charge in [-0.2, -0.15) is 0 Å². The Morgan fingerprint density at radius 1 is 0.947 bits per heavy atom. The Hall–Kier alpha value is -4.03. The first-order valence-electron chi connectivity index (χ1n) is 13.2. The van der Waals surface area contributed by atoms with Gasteiger partial charge in [0.1, 0.15) is 0 Å². The van der Waals surface area contributed by atoms with E-state index in [2.05, 4.69) is 11.9 Å². The quantitative estimate of drug-likeness (QED) is 0.377. The number of carbonyl (C=O) groups is 1. The van der Waals surface area contributed by atoms with Crippen LogP contribution >= 0.6 is 0 Å². The van der Waals surface area contributed by atoms with Crippen molar-refractivity contribution in [1.82, 2.24) is 14.5 Å². The normalized spacial score (nSPS) is 15.7. The fraction of sp³-hybridized carbons (Fsp3) is 0.281. The lowest BCUT2D eigenvalue weighted by Crippen LogP contribution is -2.49. The van der Waals surface area contributed by atoms with Gasteiger partial charge in [0.2, 0.25) is 5.91 Å². The number of carbonyl (C=O) groups excluding carboxylic acids is 1. The molecule has 6 nitrogen and oxygen atoms in total. The van der Waals surface area contributed by atoms with Crippen molar-refractivity contribution >= 4 is 5.91 Å². The number of hydrogen-bond acceptors (Lipinski definition) is 4. The van der Waals surface area contributed by atoms with Crippen molar-refractivity contribution in [3.63, 3.8) is 0 Å². The highest BCUT2D eigenvalue weighted by Gasteiger charge is 2.35. The smallest absolute Gasteiger partial charge is 0.251 e. The van der Waals surface area contributed by atoms with Crippen LogP contribution in [0.3, 0.4) is 0 Å². The third-order valence-corrected chi connectivity index (χ3v) is 7.54. The van der Waals surface area contributed by atoms with Crippen LogP contribution < -0.4 is 5.56 Å². The zero-order chi connectivity index (χ0) is 26.5. The zero-order valence-electron chi connectivity index (χ0n) is 21.7. The van der Waals surface area contributed by atoms with Crippen LogP contribution in [0.1, 0.15) is 37.7 Å². The van der Waals surface area contributed by atoms with Crippen LogP contribution in [0.25, 0.3) is 22.3 Å². The Labute approximate surface area is 223 Å². The molecule has 0 aliphatic carbocycles. The van der Waals surface area contributed by atoms with Gasteiger partial charge < -0.3 is 14.6 Å². The molecule has 1 amide bonds. The molecule has 0 spiro atoms. The predicted molar refractivity (Wildman–Crippen MR) is 150 cm³/mol. The maximum absolute atomic E-state index is 13.2. The van der Waals surface area contributed by atoms with Crippen LogP contribution in [0.2, 0.25) is 0 Å². The number of hydrogen-bond donors (Lipinski definition) is 1. The highest BCUT2D eigenvalue weighted by molar-refractivity contribution is 5.82. The van der Waals surface area contributed by atoms with E-state index in [0.717, 1.165) is 27.8 Å². The first-order valence-corrected chi connectivity index (χ1v) is 13.2. The molecule has 3 heterocycles. The van der Waals surface area contributed by atoms with E-state index in [1.807, 2.05) is 83.9 Å². The number of nitrogens with zero attached hydrogens (tertiary/aromatic N) is 3. The van der Waals surface area contributed by atoms with Crippen molar-refractivity contribution in [2.24, 2.45) is 0 Å². The van der Waals surface area contributed by atoms with Crippen molar-refractivity contribution in [2.75, 3.05) is 13.1 Å². The second kappa shape index (κ2) is 11.2. The molecular weight excluding hydrogens is 474 g/mol. The van der Waals surface area contributed by atoms with Crippen LogP contribution in [-0.2, 0) is 11.3 Å². The number of aromatic nitrogens is 2. The van der Waals surface area contributed by atoms with Gasteiger partial charge in [-0.3, -0.25) is 14.6 Å². The number of benzene rings is 2. The van der Waals surface area contributed by atoms with Crippen LogP contribution in [0.4, 0.5) is 0 Å². The van der Waals surface area contributed by atoms with Gasteiger partial charge in [-0.05, 0) is 41.5 Å². The maximum Gasteiger partial charge on any atom is 0.251 e. The Kier molecular flexibility index (Phi) is 7.52. The number of aliphatic hydroxyl groups is 1. The third kappa shape index (κ3) is 5.76. The second-order valence-corrected chi connectivity index (χ2v) is 10.3. The van der Waals surface area contributed by atoms with E-state index in [4.69, 9.17) is 0 Å². The Balaban J connectivity index is 1.32. The molecule has 0 bridgehead atoms. The van der Waals surface area contributed by atoms with Gasteiger partial charge in [-0.15, -0.1) is 0 Å². The summed E-state index contributed by atoms with van der Waals surface area (Å²) in [6, 6.07) is 25.4. The van der Waals surface area contributed by atoms with E-state index < -0.39 is 5.60 Å². The molecule has 194 valence electrons. The van der Waals surface area contributed by atoms with Crippen molar-refractivity contribution in [3.8, 4) is 22.3 Å². The van der Waals surface area contributed by atoms with Gasteiger partial charge in [-0.1, -0.05) is 73.7 Å². The number of rotatable bonds is 7. The minimum absolute atomic E-state index is 0.103. The number of likely N-dealkylation sites (tertiary alicyclic amines) is 1. The molecule has 2 aromatic heterocycles. The lowest BCUT2D eigenvalue weighted by Gasteiger charge is -2.39. The summed E-state index contributed by atoms with van der Waals surface area (Å²) in [4.78, 5) is 32.3. The van der Waals surface area contributed by atoms with E-state index >= 15 is 0 Å². The van der Waals surface area contributed by atoms with E-state index in [1.54, 1.807) is 23.0 Å². The highest BCUT2D eigenvalue weighted by Crippen LogP contribution is 2.32. The summed E-state index contributed by atoms with van der Waals surface area (Å²) in [5, 5.41) is 11.4. The summed E-state index contributed by atoms with van der Waals surface area (Å²) in [7, 11) is 0. The van der Waals surface area contributed by atoms with Crippen molar-refractivity contribution in [1.29, 1.82) is 0 Å². The van der Waals surface area contributed by atoms with Gasteiger partial charge in [0, 0.05) is 55.3 Å². The number of pyridine rings is 2. The van der Waals surface area contributed by atoms with Crippen LogP contribution in [0.5, 0.6) is 0 Å². The molecule has 1 aliphatic heterocycles. The van der Waals surface area contributed by atoms with Gasteiger partial charge in [0.05, 0.1) is 12.1 Å². The SMILES string of the molecule is CC(CC(=O)N1CCC(O)(Cn2cc(-c3cccnc3)c(-c3ccccc3)cc2=O)CC1)c1ccccc1. The number of piperidine rings is 1. The molecule has 1 aliphatic rings. The largest absolute Gasteiger partial charge is 0.388 e. The fourth-order valence-electron chi connectivity index (χ4n) is 5.24. The summed E-state index contributed by atoms with van der Waals surface area (Å²) < 4.78 is 1.60. The molecule has 0 radical (unpaired) electrons. The minimum Gasteiger partial charge on any atom is -0.388 e. The van der Waals surface area contributed by atoms with E-state index in [1.165, 1.54) is 0 Å². The van der Waals surface area contributed by atoms with Gasteiger partial charge in [0.15, 0.2) is 0 Å². The molecule has 4 aromatic rings. The summed E-state index contributed by atoms with van der Waals surface area (Å²) >= 11 is 0. The van der Waals surface area contributed by atoms with Crippen LogP contribution in [0.15, 0.2) is 102 Å². The topological polar surface area (TPSA) is 75.4 Å².